The normalized spacial score (nSPS) is 16.2. The Morgan fingerprint density at radius 3 is 3.00 bits per heavy atom. The molecule has 3 nitrogen and oxygen atoms in total. The summed E-state index contributed by atoms with van der Waals surface area (Å²) in [6.45, 7) is 1.54. The number of aromatic nitrogens is 1. The first-order valence-corrected chi connectivity index (χ1v) is 5.13. The molecule has 1 aliphatic rings. The van der Waals surface area contributed by atoms with Gasteiger partial charge in [0.25, 0.3) is 0 Å². The fraction of sp³-hybridized carbons (Fsp3) is 0.545. The molecule has 0 spiro atoms. The summed E-state index contributed by atoms with van der Waals surface area (Å²) in [4.78, 5) is 6.58. The van der Waals surface area contributed by atoms with Crippen molar-refractivity contribution in [2.45, 2.75) is 32.0 Å². The van der Waals surface area contributed by atoms with Crippen LogP contribution in [-0.4, -0.2) is 23.0 Å². The van der Waals surface area contributed by atoms with E-state index in [9.17, 15) is 0 Å². The number of hydrogen-bond acceptors (Lipinski definition) is 3. The SMILES string of the molecule is CN(Cc1ccnc(CN)c1)C1CC1. The van der Waals surface area contributed by atoms with E-state index in [1.54, 1.807) is 0 Å². The van der Waals surface area contributed by atoms with Crippen molar-refractivity contribution < 1.29 is 0 Å². The van der Waals surface area contributed by atoms with E-state index in [1.807, 2.05) is 6.20 Å². The summed E-state index contributed by atoms with van der Waals surface area (Å²) in [5.41, 5.74) is 7.84. The number of hydrogen-bond donors (Lipinski definition) is 1. The Kier molecular flexibility index (Phi) is 2.79. The van der Waals surface area contributed by atoms with E-state index in [0.29, 0.717) is 6.54 Å². The van der Waals surface area contributed by atoms with Crippen LogP contribution in [0.15, 0.2) is 18.3 Å². The molecule has 0 bridgehead atoms. The maximum absolute atomic E-state index is 5.55. The third-order valence-electron chi connectivity index (χ3n) is 2.69. The van der Waals surface area contributed by atoms with E-state index in [4.69, 9.17) is 5.73 Å². The minimum Gasteiger partial charge on any atom is -0.325 e. The monoisotopic (exact) mass is 191 g/mol. The average Bonchev–Trinajstić information content (AvgIpc) is 3.01. The lowest BCUT2D eigenvalue weighted by molar-refractivity contribution is 0.316. The van der Waals surface area contributed by atoms with Crippen molar-refractivity contribution in [3.63, 3.8) is 0 Å². The zero-order valence-corrected chi connectivity index (χ0v) is 8.61. The molecular weight excluding hydrogens is 174 g/mol. The Morgan fingerprint density at radius 1 is 1.57 bits per heavy atom. The third-order valence-corrected chi connectivity index (χ3v) is 2.69. The molecular formula is C11H17N3. The molecule has 2 rings (SSSR count). The van der Waals surface area contributed by atoms with Gasteiger partial charge in [0, 0.05) is 25.3 Å². The van der Waals surface area contributed by atoms with Crippen LogP contribution in [0.5, 0.6) is 0 Å². The average molecular weight is 191 g/mol. The van der Waals surface area contributed by atoms with Gasteiger partial charge in [-0.05, 0) is 37.6 Å². The molecule has 3 heteroatoms. The van der Waals surface area contributed by atoms with E-state index in [0.717, 1.165) is 18.3 Å². The Hall–Kier alpha value is -0.930. The summed E-state index contributed by atoms with van der Waals surface area (Å²) in [7, 11) is 2.18. The lowest BCUT2D eigenvalue weighted by atomic mass is 10.2. The van der Waals surface area contributed by atoms with E-state index in [-0.39, 0.29) is 0 Å². The second-order valence-corrected chi connectivity index (χ2v) is 4.01. The summed E-state index contributed by atoms with van der Waals surface area (Å²) < 4.78 is 0. The van der Waals surface area contributed by atoms with Gasteiger partial charge >= 0.3 is 0 Å². The highest BCUT2D eigenvalue weighted by Gasteiger charge is 2.25. The molecule has 1 saturated carbocycles. The minimum absolute atomic E-state index is 0.529. The Bertz CT molecular complexity index is 307. The van der Waals surface area contributed by atoms with Crippen LogP contribution >= 0.6 is 0 Å². The van der Waals surface area contributed by atoms with Crippen LogP contribution in [0.4, 0.5) is 0 Å². The Balaban J connectivity index is 2.00. The number of nitrogens with zero attached hydrogens (tertiary/aromatic N) is 2. The zero-order chi connectivity index (χ0) is 9.97. The molecule has 0 unspecified atom stereocenters. The first-order chi connectivity index (χ1) is 6.79. The van der Waals surface area contributed by atoms with Crippen molar-refractivity contribution in [3.05, 3.63) is 29.6 Å². The molecule has 1 heterocycles. The summed E-state index contributed by atoms with van der Waals surface area (Å²) in [5.74, 6) is 0. The quantitative estimate of drug-likeness (QED) is 0.776. The van der Waals surface area contributed by atoms with Crippen molar-refractivity contribution in [1.29, 1.82) is 0 Å². The number of rotatable bonds is 4. The van der Waals surface area contributed by atoms with Crippen molar-refractivity contribution in [1.82, 2.24) is 9.88 Å². The molecule has 1 fully saturated rings. The van der Waals surface area contributed by atoms with E-state index >= 15 is 0 Å². The highest BCUT2D eigenvalue weighted by atomic mass is 15.1. The molecule has 0 aromatic carbocycles. The second kappa shape index (κ2) is 4.07. The highest BCUT2D eigenvalue weighted by molar-refractivity contribution is 5.16. The molecule has 1 aromatic rings. The fourth-order valence-corrected chi connectivity index (χ4v) is 1.67. The first kappa shape index (κ1) is 9.62. The molecule has 76 valence electrons. The largest absolute Gasteiger partial charge is 0.325 e. The summed E-state index contributed by atoms with van der Waals surface area (Å²) in [5, 5.41) is 0. The van der Waals surface area contributed by atoms with Crippen LogP contribution in [-0.2, 0) is 13.1 Å². The van der Waals surface area contributed by atoms with Crippen LogP contribution in [0.3, 0.4) is 0 Å². The first-order valence-electron chi connectivity index (χ1n) is 5.13. The maximum Gasteiger partial charge on any atom is 0.0542 e. The van der Waals surface area contributed by atoms with Crippen LogP contribution in [0, 0.1) is 0 Å². The van der Waals surface area contributed by atoms with E-state index < -0.39 is 0 Å². The molecule has 0 radical (unpaired) electrons. The van der Waals surface area contributed by atoms with Crippen molar-refractivity contribution in [3.8, 4) is 0 Å². The molecule has 0 atom stereocenters. The lowest BCUT2D eigenvalue weighted by Gasteiger charge is -2.15. The molecule has 0 saturated heterocycles. The standard InChI is InChI=1S/C11H17N3/c1-14(11-2-3-11)8-9-4-5-13-10(6-9)7-12/h4-6,11H,2-3,7-8,12H2,1H3. The minimum atomic E-state index is 0.529. The fourth-order valence-electron chi connectivity index (χ4n) is 1.67. The molecule has 14 heavy (non-hydrogen) atoms. The summed E-state index contributed by atoms with van der Waals surface area (Å²) >= 11 is 0. The summed E-state index contributed by atoms with van der Waals surface area (Å²) in [6.07, 6.45) is 4.55. The van der Waals surface area contributed by atoms with Gasteiger partial charge in [0.2, 0.25) is 0 Å². The van der Waals surface area contributed by atoms with Crippen LogP contribution in [0.2, 0.25) is 0 Å². The lowest BCUT2D eigenvalue weighted by Crippen LogP contribution is -2.20. The van der Waals surface area contributed by atoms with E-state index in [2.05, 4.69) is 29.1 Å². The second-order valence-electron chi connectivity index (χ2n) is 4.01. The van der Waals surface area contributed by atoms with Gasteiger partial charge in [0.15, 0.2) is 0 Å². The topological polar surface area (TPSA) is 42.2 Å². The number of nitrogens with two attached hydrogens (primary N) is 1. The van der Waals surface area contributed by atoms with Gasteiger partial charge in [-0.3, -0.25) is 9.88 Å². The van der Waals surface area contributed by atoms with Gasteiger partial charge < -0.3 is 5.73 Å². The van der Waals surface area contributed by atoms with Crippen molar-refractivity contribution in [2.24, 2.45) is 5.73 Å². The van der Waals surface area contributed by atoms with Gasteiger partial charge in [0.05, 0.1) is 5.69 Å². The molecule has 1 aromatic heterocycles. The summed E-state index contributed by atoms with van der Waals surface area (Å²) in [6, 6.07) is 4.97. The Morgan fingerprint density at radius 2 is 2.36 bits per heavy atom. The Labute approximate surface area is 84.9 Å². The molecule has 0 aliphatic heterocycles. The highest BCUT2D eigenvalue weighted by Crippen LogP contribution is 2.26. The van der Waals surface area contributed by atoms with Crippen molar-refractivity contribution >= 4 is 0 Å². The maximum atomic E-state index is 5.55. The van der Waals surface area contributed by atoms with Crippen LogP contribution < -0.4 is 5.73 Å². The van der Waals surface area contributed by atoms with Crippen LogP contribution in [0.1, 0.15) is 24.1 Å². The third kappa shape index (κ3) is 2.30. The smallest absolute Gasteiger partial charge is 0.0542 e. The van der Waals surface area contributed by atoms with Crippen LogP contribution in [0.25, 0.3) is 0 Å². The molecule has 2 N–H and O–H groups in total. The number of pyridine rings is 1. The molecule has 1 aliphatic carbocycles. The predicted molar refractivity (Wildman–Crippen MR) is 56.6 cm³/mol. The molecule has 0 amide bonds. The zero-order valence-electron chi connectivity index (χ0n) is 8.61. The van der Waals surface area contributed by atoms with Crippen molar-refractivity contribution in [2.75, 3.05) is 7.05 Å². The van der Waals surface area contributed by atoms with Gasteiger partial charge in [-0.2, -0.15) is 0 Å². The van der Waals surface area contributed by atoms with Gasteiger partial charge in [-0.25, -0.2) is 0 Å². The van der Waals surface area contributed by atoms with Gasteiger partial charge in [-0.15, -0.1) is 0 Å². The van der Waals surface area contributed by atoms with Gasteiger partial charge in [-0.1, -0.05) is 0 Å². The van der Waals surface area contributed by atoms with Gasteiger partial charge in [0.1, 0.15) is 0 Å². The van der Waals surface area contributed by atoms with E-state index in [1.165, 1.54) is 18.4 Å². The predicted octanol–water partition coefficient (Wildman–Crippen LogP) is 1.13.